The number of nitrogens with one attached hydrogen (secondary N) is 2. The van der Waals surface area contributed by atoms with Gasteiger partial charge in [0.2, 0.25) is 11.7 Å². The Bertz CT molecular complexity index is 1130. The molecule has 0 saturated heterocycles. The first-order valence-corrected chi connectivity index (χ1v) is 11.7. The van der Waals surface area contributed by atoms with E-state index in [1.54, 1.807) is 30.3 Å². The summed E-state index contributed by atoms with van der Waals surface area (Å²) in [6.07, 6.45) is 0.513. The molecule has 2 N–H and O–H groups in total. The fourth-order valence-corrected chi connectivity index (χ4v) is 4.17. The normalized spacial score (nSPS) is 11.3. The lowest BCUT2D eigenvalue weighted by molar-refractivity contribution is -0.143. The monoisotopic (exact) mass is 478 g/mol. The molecule has 0 aliphatic rings. The number of rotatable bonds is 11. The molecule has 3 rings (SSSR count). The molecule has 176 valence electrons. The van der Waals surface area contributed by atoms with Crippen LogP contribution in [0, 0.1) is 0 Å². The minimum Gasteiger partial charge on any atom is -0.457 e. The van der Waals surface area contributed by atoms with Crippen LogP contribution in [0.25, 0.3) is 0 Å². The first kappa shape index (κ1) is 24.9. The molecule has 0 radical (unpaired) electrons. The van der Waals surface area contributed by atoms with Gasteiger partial charge in [-0.25, -0.2) is 0 Å². The zero-order valence-corrected chi connectivity index (χ0v) is 19.6. The third-order valence-corrected chi connectivity index (χ3v) is 6.15. The molecule has 0 bridgehead atoms. The maximum absolute atomic E-state index is 12.6. The van der Waals surface area contributed by atoms with Crippen LogP contribution in [0.5, 0.6) is 0 Å². The Labute approximate surface area is 202 Å². The number of hydrogen-bond donors (Lipinski definition) is 2. The van der Waals surface area contributed by atoms with E-state index in [1.807, 2.05) is 42.5 Å². The second-order valence-corrected chi connectivity index (χ2v) is 8.76. The van der Waals surface area contributed by atoms with Gasteiger partial charge in [0, 0.05) is 23.9 Å². The number of esters is 1. The average molecular weight is 479 g/mol. The van der Waals surface area contributed by atoms with Crippen LogP contribution >= 0.6 is 11.3 Å². The van der Waals surface area contributed by atoms with E-state index in [9.17, 15) is 19.2 Å². The van der Waals surface area contributed by atoms with Crippen molar-refractivity contribution in [2.45, 2.75) is 25.8 Å². The maximum atomic E-state index is 12.6. The van der Waals surface area contributed by atoms with Gasteiger partial charge in [-0.1, -0.05) is 48.5 Å². The van der Waals surface area contributed by atoms with E-state index in [0.29, 0.717) is 23.4 Å². The Balaban J connectivity index is 1.56. The molecule has 0 aliphatic carbocycles. The molecule has 0 aliphatic heterocycles. The highest BCUT2D eigenvalue weighted by molar-refractivity contribution is 7.14. The number of benzene rings is 2. The average Bonchev–Trinajstić information content (AvgIpc) is 3.32. The summed E-state index contributed by atoms with van der Waals surface area (Å²) in [6, 6.07) is 20.8. The van der Waals surface area contributed by atoms with Crippen LogP contribution in [0.15, 0.2) is 72.8 Å². The van der Waals surface area contributed by atoms with E-state index in [1.165, 1.54) is 18.3 Å². The summed E-state index contributed by atoms with van der Waals surface area (Å²) in [5.41, 5.74) is 1.25. The molecule has 3 aromatic rings. The Morgan fingerprint density at radius 2 is 1.59 bits per heavy atom. The van der Waals surface area contributed by atoms with Crippen molar-refractivity contribution >= 4 is 34.9 Å². The molecule has 7 nitrogen and oxygen atoms in total. The number of ketones is 1. The van der Waals surface area contributed by atoms with Crippen molar-refractivity contribution in [3.63, 3.8) is 0 Å². The fraction of sp³-hybridized carbons (Fsp3) is 0.231. The third kappa shape index (κ3) is 7.67. The van der Waals surface area contributed by atoms with Crippen LogP contribution in [0.1, 0.15) is 49.9 Å². The molecule has 0 fully saturated rings. The number of amides is 2. The molecule has 0 spiro atoms. The fourth-order valence-electron chi connectivity index (χ4n) is 3.24. The van der Waals surface area contributed by atoms with E-state index in [-0.39, 0.29) is 30.6 Å². The van der Waals surface area contributed by atoms with Crippen molar-refractivity contribution in [3.05, 3.63) is 93.7 Å². The molecule has 1 atom stereocenters. The Kier molecular flexibility index (Phi) is 9.11. The number of ether oxygens (including phenoxy) is 1. The molecule has 34 heavy (non-hydrogen) atoms. The highest BCUT2D eigenvalue weighted by Crippen LogP contribution is 2.20. The predicted molar refractivity (Wildman–Crippen MR) is 130 cm³/mol. The van der Waals surface area contributed by atoms with Gasteiger partial charge in [0.25, 0.3) is 5.91 Å². The minimum absolute atomic E-state index is 0.103. The van der Waals surface area contributed by atoms with Gasteiger partial charge in [-0.2, -0.15) is 0 Å². The van der Waals surface area contributed by atoms with Gasteiger partial charge in [0.15, 0.2) is 6.61 Å². The zero-order chi connectivity index (χ0) is 24.3. The summed E-state index contributed by atoms with van der Waals surface area (Å²) in [5.74, 6) is -1.29. The third-order valence-electron chi connectivity index (χ3n) is 4.96. The molecule has 8 heteroatoms. The van der Waals surface area contributed by atoms with Gasteiger partial charge in [-0.15, -0.1) is 11.3 Å². The summed E-state index contributed by atoms with van der Waals surface area (Å²) in [4.78, 5) is 50.0. The van der Waals surface area contributed by atoms with Crippen molar-refractivity contribution in [1.82, 2.24) is 10.6 Å². The van der Waals surface area contributed by atoms with Gasteiger partial charge < -0.3 is 15.4 Å². The van der Waals surface area contributed by atoms with Crippen molar-refractivity contribution in [2.75, 3.05) is 13.2 Å². The largest absolute Gasteiger partial charge is 0.457 e. The number of thiophene rings is 1. The lowest BCUT2D eigenvalue weighted by Crippen LogP contribution is -2.31. The molecular formula is C26H26N2O5S. The van der Waals surface area contributed by atoms with Crippen molar-refractivity contribution in [1.29, 1.82) is 0 Å². The zero-order valence-electron chi connectivity index (χ0n) is 18.8. The Morgan fingerprint density at radius 3 is 2.26 bits per heavy atom. The quantitative estimate of drug-likeness (QED) is 0.323. The highest BCUT2D eigenvalue weighted by atomic mass is 32.1. The van der Waals surface area contributed by atoms with E-state index in [0.717, 1.165) is 10.4 Å². The van der Waals surface area contributed by atoms with Gasteiger partial charge >= 0.3 is 5.97 Å². The lowest BCUT2D eigenvalue weighted by atomic mass is 10.0. The number of hydrogen-bond acceptors (Lipinski definition) is 6. The van der Waals surface area contributed by atoms with Crippen LogP contribution in [-0.4, -0.2) is 36.7 Å². The van der Waals surface area contributed by atoms with Crippen molar-refractivity contribution in [3.8, 4) is 0 Å². The van der Waals surface area contributed by atoms with E-state index in [4.69, 9.17) is 4.74 Å². The summed E-state index contributed by atoms with van der Waals surface area (Å²) in [7, 11) is 0. The first-order chi connectivity index (χ1) is 16.4. The number of carbonyl (C=O) groups is 4. The second-order valence-electron chi connectivity index (χ2n) is 7.59. The van der Waals surface area contributed by atoms with E-state index >= 15 is 0 Å². The Morgan fingerprint density at radius 1 is 0.912 bits per heavy atom. The molecule has 1 heterocycles. The Hall–Kier alpha value is -3.78. The SMILES string of the molecule is CC(=O)NCCc1ccc(C(=O)COC(=O)CC(NC(=O)c2ccccc2)c2ccccc2)s1. The van der Waals surface area contributed by atoms with E-state index in [2.05, 4.69) is 10.6 Å². The topological polar surface area (TPSA) is 102 Å². The minimum atomic E-state index is -0.598. The van der Waals surface area contributed by atoms with Crippen molar-refractivity contribution < 1.29 is 23.9 Å². The summed E-state index contributed by atoms with van der Waals surface area (Å²) >= 11 is 1.31. The van der Waals surface area contributed by atoms with Crippen LogP contribution in [0.2, 0.25) is 0 Å². The molecular weight excluding hydrogens is 452 g/mol. The highest BCUT2D eigenvalue weighted by Gasteiger charge is 2.21. The van der Waals surface area contributed by atoms with Crippen LogP contribution in [-0.2, 0) is 20.7 Å². The summed E-state index contributed by atoms with van der Waals surface area (Å²) < 4.78 is 5.23. The molecule has 1 aromatic heterocycles. The van der Waals surface area contributed by atoms with Crippen LogP contribution in [0.4, 0.5) is 0 Å². The maximum Gasteiger partial charge on any atom is 0.308 e. The number of Topliss-reactive ketones (excluding diaryl/α,β-unsaturated/α-hetero) is 1. The van der Waals surface area contributed by atoms with Gasteiger partial charge in [0.1, 0.15) is 0 Å². The van der Waals surface area contributed by atoms with Crippen LogP contribution in [0.3, 0.4) is 0 Å². The second kappa shape index (κ2) is 12.5. The lowest BCUT2D eigenvalue weighted by Gasteiger charge is -2.18. The van der Waals surface area contributed by atoms with Gasteiger partial charge in [0.05, 0.1) is 17.3 Å². The molecule has 2 amide bonds. The number of carbonyl (C=O) groups excluding carboxylic acids is 4. The van der Waals surface area contributed by atoms with E-state index < -0.39 is 12.0 Å². The predicted octanol–water partition coefficient (Wildman–Crippen LogP) is 3.71. The first-order valence-electron chi connectivity index (χ1n) is 10.8. The van der Waals surface area contributed by atoms with Crippen molar-refractivity contribution in [2.24, 2.45) is 0 Å². The molecule has 0 saturated carbocycles. The summed E-state index contributed by atoms with van der Waals surface area (Å²) in [6.45, 7) is 1.57. The van der Waals surface area contributed by atoms with Crippen LogP contribution < -0.4 is 10.6 Å². The molecule has 2 aromatic carbocycles. The van der Waals surface area contributed by atoms with Gasteiger partial charge in [-0.3, -0.25) is 19.2 Å². The smallest absolute Gasteiger partial charge is 0.308 e. The van der Waals surface area contributed by atoms with Gasteiger partial charge in [-0.05, 0) is 36.2 Å². The standard InChI is InChI=1S/C26H26N2O5S/c1-18(29)27-15-14-21-12-13-24(34-21)23(30)17-33-25(31)16-22(19-8-4-2-5-9-19)28-26(32)20-10-6-3-7-11-20/h2-13,22H,14-17H2,1H3,(H,27,29)(H,28,32). The molecule has 1 unspecified atom stereocenters. The summed E-state index contributed by atoms with van der Waals surface area (Å²) in [5, 5.41) is 5.59.